The van der Waals surface area contributed by atoms with Gasteiger partial charge >= 0.3 is 5.97 Å². The number of hydrogen-bond donors (Lipinski definition) is 0. The lowest BCUT2D eigenvalue weighted by atomic mass is 9.96. The number of halogens is 2. The molecular formula is C31H23BrClN3O4S. The van der Waals surface area contributed by atoms with Gasteiger partial charge in [-0.1, -0.05) is 69.2 Å². The van der Waals surface area contributed by atoms with E-state index in [1.807, 2.05) is 36.4 Å². The zero-order valence-electron chi connectivity index (χ0n) is 22.1. The third-order valence-corrected chi connectivity index (χ3v) is 8.27. The Morgan fingerprint density at radius 2 is 1.95 bits per heavy atom. The molecule has 10 heteroatoms. The highest BCUT2D eigenvalue weighted by atomic mass is 79.9. The van der Waals surface area contributed by atoms with Gasteiger partial charge in [0.25, 0.3) is 5.56 Å². The van der Waals surface area contributed by atoms with E-state index in [9.17, 15) is 9.59 Å². The second-order valence-corrected chi connectivity index (χ2v) is 11.4. The van der Waals surface area contributed by atoms with Crippen LogP contribution in [0, 0.1) is 11.3 Å². The topological polar surface area (TPSA) is 93.7 Å². The van der Waals surface area contributed by atoms with Crippen molar-refractivity contribution in [1.82, 2.24) is 4.57 Å². The molecule has 0 saturated heterocycles. The first-order valence-corrected chi connectivity index (χ1v) is 14.6. The number of nitriles is 1. The highest BCUT2D eigenvalue weighted by molar-refractivity contribution is 9.10. The molecule has 1 atom stereocenters. The fraction of sp³-hybridized carbons (Fsp3) is 0.161. The molecule has 0 fully saturated rings. The van der Waals surface area contributed by atoms with Gasteiger partial charge in [-0.25, -0.2) is 9.79 Å². The molecule has 0 N–H and O–H groups in total. The summed E-state index contributed by atoms with van der Waals surface area (Å²) < 4.78 is 14.2. The summed E-state index contributed by atoms with van der Waals surface area (Å²) in [4.78, 5) is 32.1. The number of carbonyl (C=O) groups is 1. The van der Waals surface area contributed by atoms with E-state index in [2.05, 4.69) is 27.0 Å². The number of ether oxygens (including phenoxy) is 2. The lowest BCUT2D eigenvalue weighted by Gasteiger charge is -2.25. The summed E-state index contributed by atoms with van der Waals surface area (Å²) in [5.41, 5.74) is 3.19. The second kappa shape index (κ2) is 12.3. The van der Waals surface area contributed by atoms with Crippen molar-refractivity contribution in [2.75, 3.05) is 6.61 Å². The van der Waals surface area contributed by atoms with E-state index in [4.69, 9.17) is 26.3 Å². The maximum absolute atomic E-state index is 14.0. The zero-order chi connectivity index (χ0) is 29.1. The molecular weight excluding hydrogens is 626 g/mol. The van der Waals surface area contributed by atoms with E-state index in [0.717, 1.165) is 10.0 Å². The molecule has 3 aromatic carbocycles. The molecule has 4 aromatic rings. The van der Waals surface area contributed by atoms with Crippen molar-refractivity contribution in [2.24, 2.45) is 4.99 Å². The van der Waals surface area contributed by atoms with Crippen molar-refractivity contribution in [1.29, 1.82) is 5.26 Å². The van der Waals surface area contributed by atoms with Crippen LogP contribution in [0.2, 0.25) is 5.02 Å². The molecule has 1 aromatic heterocycles. The molecule has 0 spiro atoms. The molecule has 7 nitrogen and oxygen atoms in total. The largest absolute Gasteiger partial charge is 0.488 e. The molecule has 0 unspecified atom stereocenters. The van der Waals surface area contributed by atoms with Crippen LogP contribution in [0.1, 0.15) is 42.1 Å². The van der Waals surface area contributed by atoms with Crippen LogP contribution in [0.5, 0.6) is 5.75 Å². The number of carbonyl (C=O) groups excluding carboxylic acids is 1. The predicted octanol–water partition coefficient (Wildman–Crippen LogP) is 5.66. The number of thiazole rings is 1. The first-order chi connectivity index (χ1) is 19.8. The Morgan fingerprint density at radius 1 is 1.20 bits per heavy atom. The molecule has 0 aliphatic carbocycles. The molecule has 0 amide bonds. The van der Waals surface area contributed by atoms with Gasteiger partial charge in [0.2, 0.25) is 0 Å². The summed E-state index contributed by atoms with van der Waals surface area (Å²) in [6.07, 6.45) is 1.76. The molecule has 1 aliphatic heterocycles. The van der Waals surface area contributed by atoms with Crippen molar-refractivity contribution in [2.45, 2.75) is 26.5 Å². The monoisotopic (exact) mass is 647 g/mol. The summed E-state index contributed by atoms with van der Waals surface area (Å²) in [5.74, 6) is 0.0351. The first kappa shape index (κ1) is 28.6. The van der Waals surface area contributed by atoms with Crippen molar-refractivity contribution in [3.8, 4) is 11.8 Å². The normalized spacial score (nSPS) is 14.7. The average molecular weight is 649 g/mol. The number of esters is 1. The first-order valence-electron chi connectivity index (χ1n) is 12.7. The fourth-order valence-electron chi connectivity index (χ4n) is 4.52. The number of rotatable bonds is 7. The SMILES string of the molecule is CCOC(=O)C1=C(C)N=c2s/c(=C\c3cc(Br)ccc3OCc3ccc(C#N)cc3)c(=O)n2[C@H]1c1ccccc1Cl. The van der Waals surface area contributed by atoms with E-state index in [1.165, 1.54) is 15.9 Å². The van der Waals surface area contributed by atoms with Gasteiger partial charge in [0, 0.05) is 15.1 Å². The third kappa shape index (κ3) is 5.91. The lowest BCUT2D eigenvalue weighted by molar-refractivity contribution is -0.139. The Hall–Kier alpha value is -3.97. The van der Waals surface area contributed by atoms with Gasteiger partial charge in [-0.3, -0.25) is 9.36 Å². The summed E-state index contributed by atoms with van der Waals surface area (Å²) >= 11 is 11.3. The standard InChI is InChI=1S/C31H23BrClN3O4S/c1-3-39-30(38)27-18(2)35-31-36(28(27)23-6-4-5-7-24(23)33)29(37)26(41-31)15-21-14-22(32)12-13-25(21)40-17-20-10-8-19(16-34)9-11-20/h4-15,28H,3,17H2,1-2H3/b26-15-/t28-/m0/s1. The van der Waals surface area contributed by atoms with Crippen molar-refractivity contribution in [3.05, 3.63) is 129 Å². The van der Waals surface area contributed by atoms with Crippen molar-refractivity contribution < 1.29 is 14.3 Å². The molecule has 1 aliphatic rings. The van der Waals surface area contributed by atoms with E-state index >= 15 is 0 Å². The Morgan fingerprint density at radius 3 is 2.66 bits per heavy atom. The van der Waals surface area contributed by atoms with Crippen LogP contribution in [0.25, 0.3) is 6.08 Å². The number of nitrogens with zero attached hydrogens (tertiary/aromatic N) is 3. The van der Waals surface area contributed by atoms with E-state index < -0.39 is 12.0 Å². The Bertz CT molecular complexity index is 1910. The predicted molar refractivity (Wildman–Crippen MR) is 161 cm³/mol. The highest BCUT2D eigenvalue weighted by Gasteiger charge is 2.34. The van der Waals surface area contributed by atoms with Crippen LogP contribution in [-0.2, 0) is 16.1 Å². The minimum absolute atomic E-state index is 0.184. The molecule has 0 radical (unpaired) electrons. The summed E-state index contributed by atoms with van der Waals surface area (Å²) in [7, 11) is 0. The summed E-state index contributed by atoms with van der Waals surface area (Å²) in [6, 6.07) is 21.2. The van der Waals surface area contributed by atoms with E-state index in [-0.39, 0.29) is 24.3 Å². The average Bonchev–Trinajstić information content (AvgIpc) is 3.26. The molecule has 2 heterocycles. The third-order valence-electron chi connectivity index (χ3n) is 6.45. The van der Waals surface area contributed by atoms with Gasteiger partial charge in [-0.15, -0.1) is 0 Å². The summed E-state index contributed by atoms with van der Waals surface area (Å²) in [5, 5.41) is 9.47. The van der Waals surface area contributed by atoms with Crippen LogP contribution in [0.4, 0.5) is 0 Å². The maximum Gasteiger partial charge on any atom is 0.338 e. The minimum Gasteiger partial charge on any atom is -0.488 e. The second-order valence-electron chi connectivity index (χ2n) is 9.10. The Kier molecular flexibility index (Phi) is 8.54. The van der Waals surface area contributed by atoms with E-state index in [1.54, 1.807) is 50.3 Å². The zero-order valence-corrected chi connectivity index (χ0v) is 25.2. The van der Waals surface area contributed by atoms with Gasteiger partial charge in [-0.2, -0.15) is 5.26 Å². The van der Waals surface area contributed by atoms with Crippen LogP contribution < -0.4 is 19.6 Å². The van der Waals surface area contributed by atoms with Crippen LogP contribution in [0.15, 0.2) is 92.3 Å². The Labute approximate surface area is 253 Å². The number of fused-ring (bicyclic) bond motifs is 1. The smallest absolute Gasteiger partial charge is 0.338 e. The lowest BCUT2D eigenvalue weighted by Crippen LogP contribution is -2.40. The molecule has 0 saturated carbocycles. The number of hydrogen-bond acceptors (Lipinski definition) is 7. The van der Waals surface area contributed by atoms with E-state index in [0.29, 0.717) is 42.5 Å². The fourth-order valence-corrected chi connectivity index (χ4v) is 6.18. The minimum atomic E-state index is -0.796. The van der Waals surface area contributed by atoms with Gasteiger partial charge in [0.1, 0.15) is 18.4 Å². The van der Waals surface area contributed by atoms with Crippen molar-refractivity contribution >= 4 is 50.9 Å². The van der Waals surface area contributed by atoms with Gasteiger partial charge in [0.15, 0.2) is 4.80 Å². The quantitative estimate of drug-likeness (QED) is 0.241. The number of benzene rings is 3. The number of allylic oxidation sites excluding steroid dienone is 1. The molecule has 41 heavy (non-hydrogen) atoms. The van der Waals surface area contributed by atoms with Crippen molar-refractivity contribution in [3.63, 3.8) is 0 Å². The van der Waals surface area contributed by atoms with Gasteiger partial charge in [-0.05, 0) is 67.4 Å². The molecule has 0 bridgehead atoms. The molecule has 206 valence electrons. The molecule has 5 rings (SSSR count). The van der Waals surface area contributed by atoms with Crippen LogP contribution >= 0.6 is 38.9 Å². The summed E-state index contributed by atoms with van der Waals surface area (Å²) in [6.45, 7) is 3.93. The van der Waals surface area contributed by atoms with Gasteiger partial charge < -0.3 is 9.47 Å². The van der Waals surface area contributed by atoms with Gasteiger partial charge in [0.05, 0.1) is 34.0 Å². The Balaban J connectivity index is 1.61. The highest BCUT2D eigenvalue weighted by Crippen LogP contribution is 2.34. The van der Waals surface area contributed by atoms with Crippen LogP contribution in [-0.4, -0.2) is 17.1 Å². The van der Waals surface area contributed by atoms with Crippen LogP contribution in [0.3, 0.4) is 0 Å². The number of aromatic nitrogens is 1. The maximum atomic E-state index is 14.0.